The standard InChI is InChI=1S/C23H19IN2O5/c1-29-20-12-9-16(13-21(20)30-2)23(28)31-17-10-7-15(8-11-17)14-25-26-22(27)18-5-3-4-6-19(18)24/h3-14H,1-2H3,(H,26,27)/b25-14-. The number of methoxy groups -OCH3 is 2. The molecule has 0 saturated heterocycles. The summed E-state index contributed by atoms with van der Waals surface area (Å²) >= 11 is 2.10. The summed E-state index contributed by atoms with van der Waals surface area (Å²) in [5.41, 5.74) is 4.11. The Balaban J connectivity index is 1.60. The largest absolute Gasteiger partial charge is 0.493 e. The number of esters is 1. The van der Waals surface area contributed by atoms with E-state index in [1.54, 1.807) is 54.6 Å². The van der Waals surface area contributed by atoms with Crippen LogP contribution in [0.1, 0.15) is 26.3 Å². The summed E-state index contributed by atoms with van der Waals surface area (Å²) in [6.07, 6.45) is 1.51. The van der Waals surface area contributed by atoms with Crippen LogP contribution in [0.3, 0.4) is 0 Å². The topological polar surface area (TPSA) is 86.2 Å². The molecule has 0 unspecified atom stereocenters. The van der Waals surface area contributed by atoms with Crippen LogP contribution in [-0.2, 0) is 0 Å². The van der Waals surface area contributed by atoms with Crippen molar-refractivity contribution in [2.24, 2.45) is 5.10 Å². The highest BCUT2D eigenvalue weighted by atomic mass is 127. The molecule has 1 N–H and O–H groups in total. The van der Waals surface area contributed by atoms with Crippen molar-refractivity contribution < 1.29 is 23.8 Å². The van der Waals surface area contributed by atoms with E-state index in [2.05, 4.69) is 33.1 Å². The molecule has 8 heteroatoms. The lowest BCUT2D eigenvalue weighted by molar-refractivity contribution is 0.0734. The van der Waals surface area contributed by atoms with Crippen LogP contribution in [-0.4, -0.2) is 32.3 Å². The van der Waals surface area contributed by atoms with Crippen LogP contribution in [0.25, 0.3) is 0 Å². The molecule has 158 valence electrons. The third-order valence-electron chi connectivity index (χ3n) is 4.21. The molecule has 0 aliphatic rings. The van der Waals surface area contributed by atoms with E-state index in [1.165, 1.54) is 20.4 Å². The van der Waals surface area contributed by atoms with Crippen molar-refractivity contribution in [1.82, 2.24) is 5.43 Å². The molecule has 0 atom stereocenters. The molecule has 1 amide bonds. The maximum Gasteiger partial charge on any atom is 0.343 e. The number of hydrogen-bond acceptors (Lipinski definition) is 6. The summed E-state index contributed by atoms with van der Waals surface area (Å²) in [7, 11) is 3.02. The average molecular weight is 530 g/mol. The zero-order chi connectivity index (χ0) is 22.2. The molecule has 0 saturated carbocycles. The summed E-state index contributed by atoms with van der Waals surface area (Å²) < 4.78 is 16.6. The normalized spacial score (nSPS) is 10.5. The molecular formula is C23H19IN2O5. The van der Waals surface area contributed by atoms with E-state index >= 15 is 0 Å². The van der Waals surface area contributed by atoms with Gasteiger partial charge >= 0.3 is 5.97 Å². The van der Waals surface area contributed by atoms with E-state index in [4.69, 9.17) is 14.2 Å². The predicted octanol–water partition coefficient (Wildman–Crippen LogP) is 4.29. The molecule has 0 radical (unpaired) electrons. The number of hydrogen-bond donors (Lipinski definition) is 1. The summed E-state index contributed by atoms with van der Waals surface area (Å²) in [5.74, 6) is 0.529. The Kier molecular flexibility index (Phi) is 7.60. The molecule has 0 bridgehead atoms. The van der Waals surface area contributed by atoms with Crippen LogP contribution in [0.15, 0.2) is 71.8 Å². The minimum atomic E-state index is -0.521. The Morgan fingerprint density at radius 2 is 1.65 bits per heavy atom. The maximum atomic E-state index is 12.4. The molecule has 3 aromatic rings. The monoisotopic (exact) mass is 530 g/mol. The Labute approximate surface area is 193 Å². The number of ether oxygens (including phenoxy) is 3. The number of carbonyl (C=O) groups is 2. The van der Waals surface area contributed by atoms with Gasteiger partial charge in [-0.05, 0) is 82.8 Å². The Hall–Kier alpha value is -3.40. The lowest BCUT2D eigenvalue weighted by Crippen LogP contribution is -2.18. The van der Waals surface area contributed by atoms with Crippen molar-refractivity contribution in [2.75, 3.05) is 14.2 Å². The first kappa shape index (κ1) is 22.3. The number of benzene rings is 3. The van der Waals surface area contributed by atoms with Gasteiger partial charge in [0.15, 0.2) is 11.5 Å². The van der Waals surface area contributed by atoms with E-state index in [0.29, 0.717) is 28.4 Å². The second-order valence-electron chi connectivity index (χ2n) is 6.21. The number of rotatable bonds is 7. The van der Waals surface area contributed by atoms with Crippen LogP contribution in [0, 0.1) is 3.57 Å². The van der Waals surface area contributed by atoms with Gasteiger partial charge < -0.3 is 14.2 Å². The van der Waals surface area contributed by atoms with Crippen LogP contribution in [0.2, 0.25) is 0 Å². The molecule has 0 spiro atoms. The van der Waals surface area contributed by atoms with Crippen molar-refractivity contribution in [3.8, 4) is 17.2 Å². The molecule has 0 aliphatic carbocycles. The lowest BCUT2D eigenvalue weighted by Gasteiger charge is -2.09. The van der Waals surface area contributed by atoms with Crippen molar-refractivity contribution in [3.63, 3.8) is 0 Å². The van der Waals surface area contributed by atoms with Gasteiger partial charge in [-0.15, -0.1) is 0 Å². The van der Waals surface area contributed by atoms with Crippen molar-refractivity contribution >= 4 is 40.7 Å². The second-order valence-corrected chi connectivity index (χ2v) is 7.37. The maximum absolute atomic E-state index is 12.4. The third kappa shape index (κ3) is 5.82. The molecule has 3 aromatic carbocycles. The fourth-order valence-corrected chi connectivity index (χ4v) is 3.25. The van der Waals surface area contributed by atoms with Crippen LogP contribution >= 0.6 is 22.6 Å². The zero-order valence-electron chi connectivity index (χ0n) is 16.8. The summed E-state index contributed by atoms with van der Waals surface area (Å²) in [4.78, 5) is 24.5. The smallest absolute Gasteiger partial charge is 0.343 e. The molecule has 0 heterocycles. The number of carbonyl (C=O) groups excluding carboxylic acids is 2. The van der Waals surface area contributed by atoms with E-state index < -0.39 is 5.97 Å². The van der Waals surface area contributed by atoms with E-state index in [-0.39, 0.29) is 5.91 Å². The number of hydrazone groups is 1. The molecule has 7 nitrogen and oxygen atoms in total. The number of amides is 1. The first-order valence-corrected chi connectivity index (χ1v) is 10.2. The number of nitrogens with zero attached hydrogens (tertiary/aromatic N) is 1. The Bertz CT molecular complexity index is 1110. The highest BCUT2D eigenvalue weighted by Gasteiger charge is 2.13. The third-order valence-corrected chi connectivity index (χ3v) is 5.15. The summed E-state index contributed by atoms with van der Waals surface area (Å²) in [6, 6.07) is 18.8. The molecule has 0 aromatic heterocycles. The minimum Gasteiger partial charge on any atom is -0.493 e. The summed E-state index contributed by atoms with van der Waals surface area (Å²) in [6.45, 7) is 0. The van der Waals surface area contributed by atoms with Gasteiger partial charge in [0.25, 0.3) is 5.91 Å². The first-order valence-electron chi connectivity index (χ1n) is 9.14. The van der Waals surface area contributed by atoms with Crippen LogP contribution in [0.4, 0.5) is 0 Å². The van der Waals surface area contributed by atoms with Crippen LogP contribution in [0.5, 0.6) is 17.2 Å². The molecule has 31 heavy (non-hydrogen) atoms. The zero-order valence-corrected chi connectivity index (χ0v) is 19.0. The highest BCUT2D eigenvalue weighted by molar-refractivity contribution is 14.1. The van der Waals surface area contributed by atoms with Gasteiger partial charge in [0, 0.05) is 3.57 Å². The molecular weight excluding hydrogens is 511 g/mol. The van der Waals surface area contributed by atoms with E-state index in [0.717, 1.165) is 9.13 Å². The van der Waals surface area contributed by atoms with Gasteiger partial charge in [0.2, 0.25) is 0 Å². The van der Waals surface area contributed by atoms with Crippen molar-refractivity contribution in [3.05, 3.63) is 87.0 Å². The van der Waals surface area contributed by atoms with Gasteiger partial charge in [-0.2, -0.15) is 5.10 Å². The number of halogens is 1. The highest BCUT2D eigenvalue weighted by Crippen LogP contribution is 2.28. The fourth-order valence-electron chi connectivity index (χ4n) is 2.62. The Morgan fingerprint density at radius 3 is 2.32 bits per heavy atom. The van der Waals surface area contributed by atoms with Gasteiger partial charge in [-0.1, -0.05) is 12.1 Å². The summed E-state index contributed by atoms with van der Waals surface area (Å²) in [5, 5.41) is 3.97. The van der Waals surface area contributed by atoms with Crippen LogP contribution < -0.4 is 19.6 Å². The SMILES string of the molecule is COc1ccc(C(=O)Oc2ccc(/C=N\NC(=O)c3ccccc3I)cc2)cc1OC. The molecule has 0 aliphatic heterocycles. The molecule has 3 rings (SSSR count). The van der Waals surface area contributed by atoms with E-state index in [1.807, 2.05) is 12.1 Å². The van der Waals surface area contributed by atoms with Gasteiger partial charge in [0.1, 0.15) is 5.75 Å². The number of nitrogens with one attached hydrogen (secondary N) is 1. The van der Waals surface area contributed by atoms with Crippen molar-refractivity contribution in [1.29, 1.82) is 0 Å². The molecule has 0 fully saturated rings. The van der Waals surface area contributed by atoms with E-state index in [9.17, 15) is 9.59 Å². The van der Waals surface area contributed by atoms with Crippen molar-refractivity contribution in [2.45, 2.75) is 0 Å². The first-order chi connectivity index (χ1) is 15.0. The fraction of sp³-hybridized carbons (Fsp3) is 0.0870. The predicted molar refractivity (Wildman–Crippen MR) is 125 cm³/mol. The Morgan fingerprint density at radius 1 is 0.935 bits per heavy atom. The van der Waals surface area contributed by atoms with Gasteiger partial charge in [0.05, 0.1) is 31.6 Å². The minimum absolute atomic E-state index is 0.290. The lowest BCUT2D eigenvalue weighted by atomic mass is 10.2. The average Bonchev–Trinajstić information content (AvgIpc) is 2.79. The quantitative estimate of drug-likeness (QED) is 0.162. The second kappa shape index (κ2) is 10.6. The van der Waals surface area contributed by atoms with Gasteiger partial charge in [-0.3, -0.25) is 4.79 Å². The van der Waals surface area contributed by atoms with Gasteiger partial charge in [-0.25, -0.2) is 10.2 Å².